The van der Waals surface area contributed by atoms with E-state index in [9.17, 15) is 0 Å². The summed E-state index contributed by atoms with van der Waals surface area (Å²) in [6, 6.07) is 19.8. The highest BCUT2D eigenvalue weighted by molar-refractivity contribution is 6.30. The summed E-state index contributed by atoms with van der Waals surface area (Å²) in [7, 11) is 2.02. The smallest absolute Gasteiger partial charge is 0.219 e. The normalized spacial score (nSPS) is 11.1. The molecule has 0 aliphatic rings. The Balaban J connectivity index is 1.25. The Bertz CT molecular complexity index is 1390. The van der Waals surface area contributed by atoms with Crippen molar-refractivity contribution < 1.29 is 4.74 Å². The van der Waals surface area contributed by atoms with Crippen molar-refractivity contribution in [3.05, 3.63) is 94.4 Å². The van der Waals surface area contributed by atoms with Gasteiger partial charge in [-0.2, -0.15) is 5.10 Å². The average molecular weight is 459 g/mol. The van der Waals surface area contributed by atoms with E-state index >= 15 is 0 Å². The maximum Gasteiger partial charge on any atom is 0.219 e. The van der Waals surface area contributed by atoms with Gasteiger partial charge in [0.2, 0.25) is 11.8 Å². The third-order valence-electron chi connectivity index (χ3n) is 5.39. The van der Waals surface area contributed by atoms with Gasteiger partial charge in [-0.05, 0) is 54.4 Å². The van der Waals surface area contributed by atoms with Crippen LogP contribution in [-0.4, -0.2) is 24.7 Å². The first kappa shape index (κ1) is 21.0. The number of aromatic nitrogens is 5. The van der Waals surface area contributed by atoms with Crippen molar-refractivity contribution in [2.75, 3.05) is 5.32 Å². The molecule has 8 heteroatoms. The third kappa shape index (κ3) is 4.83. The van der Waals surface area contributed by atoms with E-state index < -0.39 is 0 Å². The topological polar surface area (TPSA) is 80.7 Å². The van der Waals surface area contributed by atoms with Gasteiger partial charge in [-0.25, -0.2) is 9.97 Å². The number of pyridine rings is 1. The van der Waals surface area contributed by atoms with E-state index in [1.807, 2.05) is 38.2 Å². The molecule has 0 spiro atoms. The number of benzene rings is 2. The fourth-order valence-electron chi connectivity index (χ4n) is 3.68. The number of nitrogens with zero attached hydrogens (tertiary/aromatic N) is 4. The van der Waals surface area contributed by atoms with Crippen molar-refractivity contribution >= 4 is 28.6 Å². The summed E-state index contributed by atoms with van der Waals surface area (Å²) in [5, 5.41) is 11.3. The van der Waals surface area contributed by atoms with Crippen molar-refractivity contribution in [2.45, 2.75) is 19.9 Å². The van der Waals surface area contributed by atoms with Gasteiger partial charge in [0, 0.05) is 38.0 Å². The van der Waals surface area contributed by atoms with Gasteiger partial charge in [-0.15, -0.1) is 0 Å². The molecule has 0 amide bonds. The largest absolute Gasteiger partial charge is 0.439 e. The summed E-state index contributed by atoms with van der Waals surface area (Å²) in [5.41, 5.74) is 6.47. The third-order valence-corrected chi connectivity index (χ3v) is 5.61. The van der Waals surface area contributed by atoms with E-state index in [2.05, 4.69) is 49.3 Å². The second-order valence-electron chi connectivity index (χ2n) is 7.95. The number of ether oxygens (including phenoxy) is 1. The number of hydrogen-bond donors (Lipinski definition) is 2. The first-order chi connectivity index (χ1) is 16.0. The van der Waals surface area contributed by atoms with E-state index in [1.165, 1.54) is 5.56 Å². The molecule has 5 rings (SSSR count). The molecule has 0 atom stereocenters. The zero-order valence-corrected chi connectivity index (χ0v) is 19.1. The summed E-state index contributed by atoms with van der Waals surface area (Å²) >= 11 is 5.86. The minimum atomic E-state index is 0.506. The van der Waals surface area contributed by atoms with Gasteiger partial charge < -0.3 is 14.6 Å². The molecule has 7 nitrogen and oxygen atoms in total. The highest BCUT2D eigenvalue weighted by Gasteiger charge is 2.10. The first-order valence-corrected chi connectivity index (χ1v) is 11.0. The molecule has 33 heavy (non-hydrogen) atoms. The number of H-pyrrole nitrogens is 1. The van der Waals surface area contributed by atoms with Crippen LogP contribution in [0.4, 0.5) is 5.95 Å². The fraction of sp³-hybridized carbons (Fsp3) is 0.160. The van der Waals surface area contributed by atoms with Gasteiger partial charge in [0.1, 0.15) is 5.75 Å². The molecule has 0 aliphatic carbocycles. The molecular weight excluding hydrogens is 436 g/mol. The quantitative estimate of drug-likeness (QED) is 0.329. The molecule has 0 saturated heterocycles. The number of rotatable bonds is 7. The predicted molar refractivity (Wildman–Crippen MR) is 130 cm³/mol. The van der Waals surface area contributed by atoms with Crippen molar-refractivity contribution in [3.63, 3.8) is 0 Å². The van der Waals surface area contributed by atoms with Gasteiger partial charge in [-0.1, -0.05) is 29.8 Å². The molecule has 3 heterocycles. The van der Waals surface area contributed by atoms with Gasteiger partial charge >= 0.3 is 0 Å². The molecule has 0 radical (unpaired) electrons. The number of halogens is 1. The lowest BCUT2D eigenvalue weighted by molar-refractivity contribution is 0.463. The monoisotopic (exact) mass is 458 g/mol. The summed E-state index contributed by atoms with van der Waals surface area (Å²) in [4.78, 5) is 8.90. The summed E-state index contributed by atoms with van der Waals surface area (Å²) < 4.78 is 7.83. The van der Waals surface area contributed by atoms with Crippen LogP contribution >= 0.6 is 11.6 Å². The molecular formula is C25H23ClN6O. The fourth-order valence-corrected chi connectivity index (χ4v) is 3.79. The Morgan fingerprint density at radius 1 is 1.03 bits per heavy atom. The maximum absolute atomic E-state index is 5.86. The SMILES string of the molecule is Cc1cc(Cc2ccc3nc(NCc4ccc(Oc5ccc(Cl)cn5)cc4)n(C)c3c2)n[nH]1. The van der Waals surface area contributed by atoms with E-state index in [4.69, 9.17) is 21.3 Å². The Hall–Kier alpha value is -3.84. The molecule has 0 saturated carbocycles. The van der Waals surface area contributed by atoms with Gasteiger partial charge in [0.05, 0.1) is 21.7 Å². The van der Waals surface area contributed by atoms with Crippen LogP contribution in [0.3, 0.4) is 0 Å². The number of hydrogen-bond acceptors (Lipinski definition) is 5. The van der Waals surface area contributed by atoms with Crippen LogP contribution < -0.4 is 10.1 Å². The van der Waals surface area contributed by atoms with Crippen LogP contribution in [0, 0.1) is 6.92 Å². The predicted octanol–water partition coefficient (Wildman–Crippen LogP) is 5.65. The van der Waals surface area contributed by atoms with Crippen LogP contribution in [0.25, 0.3) is 11.0 Å². The molecule has 0 aliphatic heterocycles. The van der Waals surface area contributed by atoms with Crippen molar-refractivity contribution in [3.8, 4) is 11.6 Å². The Labute approximate surface area is 196 Å². The Morgan fingerprint density at radius 2 is 1.85 bits per heavy atom. The molecule has 0 fully saturated rings. The lowest BCUT2D eigenvalue weighted by Gasteiger charge is -2.08. The van der Waals surface area contributed by atoms with E-state index in [1.54, 1.807) is 18.3 Å². The Kier molecular flexibility index (Phi) is 5.71. The van der Waals surface area contributed by atoms with Gasteiger partial charge in [-0.3, -0.25) is 5.10 Å². The molecule has 0 bridgehead atoms. The number of nitrogens with one attached hydrogen (secondary N) is 2. The number of anilines is 1. The highest BCUT2D eigenvalue weighted by atomic mass is 35.5. The number of imidazole rings is 1. The van der Waals surface area contributed by atoms with Crippen LogP contribution in [0.15, 0.2) is 66.9 Å². The number of aromatic amines is 1. The standard InChI is InChI=1S/C25H23ClN6O/c1-16-11-20(31-30-16)12-18-5-9-22-23(13-18)32(2)25(29-22)28-14-17-3-7-21(8-4-17)33-24-10-6-19(26)15-27-24/h3-11,13,15H,12,14H2,1-2H3,(H,28,29)(H,30,31). The Morgan fingerprint density at radius 3 is 2.58 bits per heavy atom. The molecule has 2 N–H and O–H groups in total. The van der Waals surface area contributed by atoms with Crippen LogP contribution in [0.2, 0.25) is 5.02 Å². The van der Waals surface area contributed by atoms with Crippen molar-refractivity contribution in [1.82, 2.24) is 24.7 Å². The molecule has 5 aromatic rings. The molecule has 3 aromatic heterocycles. The van der Waals surface area contributed by atoms with Crippen molar-refractivity contribution in [2.24, 2.45) is 7.05 Å². The van der Waals surface area contributed by atoms with E-state index in [0.29, 0.717) is 17.4 Å². The average Bonchev–Trinajstić information content (AvgIpc) is 3.37. The lowest BCUT2D eigenvalue weighted by Crippen LogP contribution is -2.05. The van der Waals surface area contributed by atoms with E-state index in [-0.39, 0.29) is 0 Å². The summed E-state index contributed by atoms with van der Waals surface area (Å²) in [6.07, 6.45) is 2.35. The number of aryl methyl sites for hydroxylation is 2. The summed E-state index contributed by atoms with van der Waals surface area (Å²) in [6.45, 7) is 2.66. The van der Waals surface area contributed by atoms with Gasteiger partial charge in [0.25, 0.3) is 0 Å². The maximum atomic E-state index is 5.86. The first-order valence-electron chi connectivity index (χ1n) is 10.6. The van der Waals surface area contributed by atoms with E-state index in [0.717, 1.165) is 46.1 Å². The minimum absolute atomic E-state index is 0.506. The zero-order valence-electron chi connectivity index (χ0n) is 18.3. The summed E-state index contributed by atoms with van der Waals surface area (Å²) in [5.74, 6) is 2.05. The van der Waals surface area contributed by atoms with Crippen LogP contribution in [0.1, 0.15) is 22.5 Å². The second-order valence-corrected chi connectivity index (χ2v) is 8.39. The lowest BCUT2D eigenvalue weighted by atomic mass is 10.1. The van der Waals surface area contributed by atoms with Crippen LogP contribution in [-0.2, 0) is 20.0 Å². The molecule has 0 unspecified atom stereocenters. The van der Waals surface area contributed by atoms with Crippen molar-refractivity contribution in [1.29, 1.82) is 0 Å². The zero-order chi connectivity index (χ0) is 22.8. The highest BCUT2D eigenvalue weighted by Crippen LogP contribution is 2.23. The second kappa shape index (κ2) is 8.96. The molecule has 2 aromatic carbocycles. The molecule has 166 valence electrons. The number of fused-ring (bicyclic) bond motifs is 1. The van der Waals surface area contributed by atoms with Crippen LogP contribution in [0.5, 0.6) is 11.6 Å². The minimum Gasteiger partial charge on any atom is -0.439 e. The van der Waals surface area contributed by atoms with Gasteiger partial charge in [0.15, 0.2) is 0 Å².